The number of likely N-dealkylation sites (tertiary alicyclic amines) is 1. The molecule has 0 aliphatic carbocycles. The molecule has 4 aromatic rings. The zero-order chi connectivity index (χ0) is 29.7. The minimum absolute atomic E-state index is 0.0450. The first kappa shape index (κ1) is 27.7. The predicted octanol–water partition coefficient (Wildman–Crippen LogP) is 6.30. The van der Waals surface area contributed by atoms with Gasteiger partial charge in [-0.1, -0.05) is 54.6 Å². The number of nitrogens with zero attached hydrogens (tertiary/aromatic N) is 4. The molecule has 0 spiro atoms. The van der Waals surface area contributed by atoms with Crippen molar-refractivity contribution in [1.82, 2.24) is 19.4 Å². The Balaban J connectivity index is 0.954. The van der Waals surface area contributed by atoms with Gasteiger partial charge in [0.25, 0.3) is 5.91 Å². The molecule has 2 bridgehead atoms. The van der Waals surface area contributed by atoms with E-state index in [1.54, 1.807) is 0 Å². The molecule has 1 aromatic heterocycles. The quantitative estimate of drug-likeness (QED) is 0.264. The third-order valence-electron chi connectivity index (χ3n) is 11.0. The van der Waals surface area contributed by atoms with Crippen LogP contribution in [0.2, 0.25) is 0 Å². The number of fused-ring (bicyclic) bond motifs is 4. The van der Waals surface area contributed by atoms with Gasteiger partial charge >= 0.3 is 0 Å². The molecule has 2 unspecified atom stereocenters. The molecule has 228 valence electrons. The van der Waals surface area contributed by atoms with Gasteiger partial charge in [0, 0.05) is 31.2 Å². The van der Waals surface area contributed by atoms with Gasteiger partial charge in [-0.05, 0) is 93.7 Å². The smallest absolute Gasteiger partial charge is 0.267 e. The molecule has 4 aliphatic rings. The summed E-state index contributed by atoms with van der Waals surface area (Å²) in [7, 11) is 0. The third-order valence-corrected chi connectivity index (χ3v) is 11.0. The van der Waals surface area contributed by atoms with E-state index in [4.69, 9.17) is 14.5 Å². The summed E-state index contributed by atoms with van der Waals surface area (Å²) in [4.78, 5) is 23.3. The fraction of sp³-hybridized carbons (Fsp3) is 0.459. The van der Waals surface area contributed by atoms with E-state index in [-0.39, 0.29) is 17.9 Å². The summed E-state index contributed by atoms with van der Waals surface area (Å²) >= 11 is 0. The van der Waals surface area contributed by atoms with Crippen molar-refractivity contribution < 1.29 is 14.3 Å². The molecule has 0 saturated carbocycles. The molecule has 0 N–H and O–H groups in total. The summed E-state index contributed by atoms with van der Waals surface area (Å²) in [6.07, 6.45) is 7.47. The number of carbonyl (C=O) groups excluding carboxylic acids is 1. The van der Waals surface area contributed by atoms with E-state index in [2.05, 4.69) is 71.0 Å². The predicted molar refractivity (Wildman–Crippen MR) is 171 cm³/mol. The van der Waals surface area contributed by atoms with Crippen LogP contribution in [0.15, 0.2) is 78.9 Å². The molecule has 4 aliphatic heterocycles. The molecular weight excluding hydrogens is 548 g/mol. The molecule has 44 heavy (non-hydrogen) atoms. The highest BCUT2D eigenvalue weighted by atomic mass is 16.6. The van der Waals surface area contributed by atoms with Crippen molar-refractivity contribution in [3.8, 4) is 11.5 Å². The van der Waals surface area contributed by atoms with Crippen LogP contribution in [-0.2, 0) is 10.2 Å². The van der Waals surface area contributed by atoms with Gasteiger partial charge in [-0.15, -0.1) is 0 Å². The van der Waals surface area contributed by atoms with Crippen LogP contribution < -0.4 is 9.47 Å². The van der Waals surface area contributed by atoms with E-state index in [0.717, 1.165) is 50.2 Å². The number of amides is 1. The largest absolute Gasteiger partial charge is 0.485 e. The summed E-state index contributed by atoms with van der Waals surface area (Å²) in [6, 6.07) is 29.0. The number of para-hydroxylation sites is 4. The highest BCUT2D eigenvalue weighted by Gasteiger charge is 2.45. The van der Waals surface area contributed by atoms with E-state index in [1.807, 2.05) is 29.2 Å². The number of hydrogen-bond acceptors (Lipinski definition) is 5. The maximum Gasteiger partial charge on any atom is 0.267 e. The first-order chi connectivity index (χ1) is 21.6. The fourth-order valence-corrected chi connectivity index (χ4v) is 8.77. The lowest BCUT2D eigenvalue weighted by atomic mass is 9.70. The van der Waals surface area contributed by atoms with E-state index in [1.165, 1.54) is 36.8 Å². The second kappa shape index (κ2) is 11.3. The maximum absolute atomic E-state index is 13.6. The maximum atomic E-state index is 13.6. The van der Waals surface area contributed by atoms with Gasteiger partial charge in [-0.25, -0.2) is 4.98 Å². The van der Waals surface area contributed by atoms with Gasteiger partial charge in [-0.2, -0.15) is 0 Å². The van der Waals surface area contributed by atoms with Crippen LogP contribution in [0.1, 0.15) is 62.4 Å². The van der Waals surface area contributed by atoms with Crippen molar-refractivity contribution in [3.63, 3.8) is 0 Å². The Hall–Kier alpha value is -3.84. The van der Waals surface area contributed by atoms with Crippen LogP contribution in [0.25, 0.3) is 11.0 Å². The molecule has 7 heteroatoms. The first-order valence-corrected chi connectivity index (χ1v) is 16.5. The number of hydrogen-bond donors (Lipinski definition) is 0. The Labute approximate surface area is 259 Å². The highest BCUT2D eigenvalue weighted by Crippen LogP contribution is 2.45. The Morgan fingerprint density at radius 1 is 0.864 bits per heavy atom. The normalized spacial score (nSPS) is 26.2. The number of ether oxygens (including phenoxy) is 2. The Morgan fingerprint density at radius 3 is 2.32 bits per heavy atom. The number of benzene rings is 3. The molecule has 8 rings (SSSR count). The minimum atomic E-state index is -0.581. The van der Waals surface area contributed by atoms with Crippen molar-refractivity contribution in [3.05, 3.63) is 90.3 Å². The molecule has 0 radical (unpaired) electrons. The molecule has 3 aromatic carbocycles. The SMILES string of the molecule is Cc1nc2ccccc2n1C1C[C@H]2CC[C@@H](C1)N2CCC1(c2ccccc2)CCN(C(=O)C2COc3ccccc3O2)CC1. The van der Waals surface area contributed by atoms with Crippen molar-refractivity contribution in [2.75, 3.05) is 26.2 Å². The van der Waals surface area contributed by atoms with Crippen LogP contribution in [0.5, 0.6) is 11.5 Å². The summed E-state index contributed by atoms with van der Waals surface area (Å²) in [6.45, 7) is 5.05. The van der Waals surface area contributed by atoms with Gasteiger partial charge in [0.2, 0.25) is 6.10 Å². The number of carbonyl (C=O) groups is 1. The van der Waals surface area contributed by atoms with Crippen molar-refractivity contribution in [2.24, 2.45) is 0 Å². The topological polar surface area (TPSA) is 59.8 Å². The molecule has 3 fully saturated rings. The van der Waals surface area contributed by atoms with Gasteiger partial charge in [0.05, 0.1) is 11.0 Å². The molecular formula is C37H42N4O3. The van der Waals surface area contributed by atoms with Crippen molar-refractivity contribution >= 4 is 16.9 Å². The molecule has 7 nitrogen and oxygen atoms in total. The fourth-order valence-electron chi connectivity index (χ4n) is 8.77. The van der Waals surface area contributed by atoms with E-state index >= 15 is 0 Å². The van der Waals surface area contributed by atoms with Crippen LogP contribution >= 0.6 is 0 Å². The van der Waals surface area contributed by atoms with Crippen LogP contribution in [0.3, 0.4) is 0 Å². The standard InChI is InChI=1S/C37H42N4O3/c1-26-38-31-11-5-6-12-32(31)41(26)30-23-28-15-16-29(24-30)40(28)22-19-37(27-9-3-2-4-10-27)17-20-39(21-18-37)36(42)35-25-43-33-13-7-8-14-34(33)44-35/h2-14,28-30,35H,15-25H2,1H3/t28-,29+,30?,35?. The summed E-state index contributed by atoms with van der Waals surface area (Å²) in [5.41, 5.74) is 3.88. The van der Waals surface area contributed by atoms with Crippen LogP contribution in [-0.4, -0.2) is 69.7 Å². The van der Waals surface area contributed by atoms with Crippen molar-refractivity contribution in [1.29, 1.82) is 0 Å². The molecule has 5 heterocycles. The van der Waals surface area contributed by atoms with Crippen molar-refractivity contribution in [2.45, 2.75) is 81.5 Å². The monoisotopic (exact) mass is 590 g/mol. The average molecular weight is 591 g/mol. The summed E-state index contributed by atoms with van der Waals surface area (Å²) in [5, 5.41) is 0. The lowest BCUT2D eigenvalue weighted by Crippen LogP contribution is -2.52. The van der Waals surface area contributed by atoms with E-state index in [0.29, 0.717) is 29.6 Å². The Bertz CT molecular complexity index is 1630. The van der Waals surface area contributed by atoms with Gasteiger partial charge in [-0.3, -0.25) is 9.69 Å². The zero-order valence-corrected chi connectivity index (χ0v) is 25.6. The Kier molecular flexibility index (Phi) is 7.09. The van der Waals surface area contributed by atoms with Crippen LogP contribution in [0.4, 0.5) is 0 Å². The molecule has 4 atom stereocenters. The number of piperidine rings is 2. The van der Waals surface area contributed by atoms with Gasteiger partial charge in [0.15, 0.2) is 11.5 Å². The Morgan fingerprint density at radius 2 is 1.55 bits per heavy atom. The zero-order valence-electron chi connectivity index (χ0n) is 25.6. The lowest BCUT2D eigenvalue weighted by Gasteiger charge is -2.46. The number of imidazole rings is 1. The number of aromatic nitrogens is 2. The highest BCUT2D eigenvalue weighted by molar-refractivity contribution is 5.82. The lowest BCUT2D eigenvalue weighted by molar-refractivity contribution is -0.143. The number of aryl methyl sites for hydroxylation is 1. The van der Waals surface area contributed by atoms with Gasteiger partial charge < -0.3 is 18.9 Å². The molecule has 3 saturated heterocycles. The summed E-state index contributed by atoms with van der Waals surface area (Å²) < 4.78 is 14.5. The average Bonchev–Trinajstić information content (AvgIpc) is 3.54. The van der Waals surface area contributed by atoms with Crippen LogP contribution in [0, 0.1) is 6.92 Å². The van der Waals surface area contributed by atoms with Gasteiger partial charge in [0.1, 0.15) is 12.4 Å². The second-order valence-corrected chi connectivity index (χ2v) is 13.4. The first-order valence-electron chi connectivity index (χ1n) is 16.5. The second-order valence-electron chi connectivity index (χ2n) is 13.4. The summed E-state index contributed by atoms with van der Waals surface area (Å²) in [5.74, 6) is 2.55. The molecule has 1 amide bonds. The van der Waals surface area contributed by atoms with E-state index < -0.39 is 6.10 Å². The number of rotatable bonds is 6. The minimum Gasteiger partial charge on any atom is -0.485 e. The third kappa shape index (κ3) is 4.86. The van der Waals surface area contributed by atoms with E-state index in [9.17, 15) is 4.79 Å².